The van der Waals surface area contributed by atoms with Gasteiger partial charge in [-0.2, -0.15) is 5.10 Å². The fourth-order valence-electron chi connectivity index (χ4n) is 3.66. The summed E-state index contributed by atoms with van der Waals surface area (Å²) >= 11 is 1.15. The van der Waals surface area contributed by atoms with Crippen LogP contribution in [0, 0.1) is 11.6 Å². The van der Waals surface area contributed by atoms with Crippen molar-refractivity contribution in [3.05, 3.63) is 106 Å². The highest BCUT2D eigenvalue weighted by atomic mass is 32.2. The first-order chi connectivity index (χ1) is 16.5. The molecule has 0 aliphatic heterocycles. The largest absolute Gasteiger partial charge is 0.409 e. The summed E-state index contributed by atoms with van der Waals surface area (Å²) in [7, 11) is 0. The van der Waals surface area contributed by atoms with Crippen molar-refractivity contribution in [1.29, 1.82) is 0 Å². The van der Waals surface area contributed by atoms with Crippen molar-refractivity contribution < 1.29 is 13.2 Å². The number of aromatic nitrogens is 4. The van der Waals surface area contributed by atoms with E-state index >= 15 is 0 Å². The number of fused-ring (bicyclic) bond motifs is 1. The van der Waals surface area contributed by atoms with E-state index in [1.54, 1.807) is 31.2 Å². The summed E-state index contributed by atoms with van der Waals surface area (Å²) in [6, 6.07) is 20.1. The monoisotopic (exact) mass is 476 g/mol. The molecule has 6 nitrogen and oxygen atoms in total. The lowest BCUT2D eigenvalue weighted by atomic mass is 10.1. The van der Waals surface area contributed by atoms with Gasteiger partial charge >= 0.3 is 0 Å². The normalized spacial score (nSPS) is 12.2. The predicted molar refractivity (Wildman–Crippen MR) is 125 cm³/mol. The Morgan fingerprint density at radius 1 is 0.971 bits per heavy atom. The average molecular weight is 477 g/mol. The van der Waals surface area contributed by atoms with Gasteiger partial charge < -0.3 is 4.42 Å². The Labute approximate surface area is 197 Å². The molecule has 0 fully saturated rings. The standard InChI is InChI=1S/C25H18F2N4O2S/c1-15(18-12-11-17(26)13-21(18)27)34-25-29-28-23(33-25)22-19-9-5-6-10-20(19)24(32)31(30-22)14-16-7-3-2-4-8-16/h2-13,15H,14H2,1H3. The van der Waals surface area contributed by atoms with Gasteiger partial charge in [0.1, 0.15) is 11.6 Å². The number of hydrogen-bond acceptors (Lipinski definition) is 6. The minimum Gasteiger partial charge on any atom is -0.409 e. The first-order valence-electron chi connectivity index (χ1n) is 10.5. The highest BCUT2D eigenvalue weighted by molar-refractivity contribution is 7.99. The zero-order valence-corrected chi connectivity index (χ0v) is 18.8. The van der Waals surface area contributed by atoms with Crippen LogP contribution < -0.4 is 5.56 Å². The molecular weight excluding hydrogens is 458 g/mol. The zero-order chi connectivity index (χ0) is 23.7. The van der Waals surface area contributed by atoms with Crippen molar-refractivity contribution >= 4 is 22.5 Å². The maximum Gasteiger partial charge on any atom is 0.277 e. The van der Waals surface area contributed by atoms with Crippen molar-refractivity contribution in [3.63, 3.8) is 0 Å². The fraction of sp³-hybridized carbons (Fsp3) is 0.120. The number of rotatable bonds is 6. The van der Waals surface area contributed by atoms with Gasteiger partial charge in [-0.1, -0.05) is 66.4 Å². The molecule has 2 aromatic heterocycles. The Morgan fingerprint density at radius 2 is 1.71 bits per heavy atom. The molecule has 170 valence electrons. The molecular formula is C25H18F2N4O2S. The molecule has 34 heavy (non-hydrogen) atoms. The highest BCUT2D eigenvalue weighted by Crippen LogP contribution is 2.36. The Bertz CT molecular complexity index is 1540. The topological polar surface area (TPSA) is 73.8 Å². The molecule has 2 heterocycles. The molecule has 5 aromatic rings. The SMILES string of the molecule is CC(Sc1nnc(-c2nn(Cc3ccccc3)c(=O)c3ccccc23)o1)c1ccc(F)cc1F. The third-order valence-corrected chi connectivity index (χ3v) is 6.30. The van der Waals surface area contributed by atoms with Crippen LogP contribution >= 0.6 is 11.8 Å². The molecule has 0 saturated heterocycles. The lowest BCUT2D eigenvalue weighted by Crippen LogP contribution is -2.24. The van der Waals surface area contributed by atoms with E-state index in [1.807, 2.05) is 30.3 Å². The zero-order valence-electron chi connectivity index (χ0n) is 18.0. The second-order valence-electron chi connectivity index (χ2n) is 7.64. The third-order valence-electron chi connectivity index (χ3n) is 5.33. The average Bonchev–Trinajstić information content (AvgIpc) is 3.29. The van der Waals surface area contributed by atoms with Gasteiger partial charge in [-0.05, 0) is 24.6 Å². The molecule has 0 N–H and O–H groups in total. The Morgan fingerprint density at radius 3 is 2.47 bits per heavy atom. The molecule has 5 rings (SSSR count). The molecule has 0 amide bonds. The van der Waals surface area contributed by atoms with E-state index in [0.29, 0.717) is 22.0 Å². The van der Waals surface area contributed by atoms with Crippen molar-refractivity contribution in [3.8, 4) is 11.6 Å². The molecule has 0 saturated carbocycles. The van der Waals surface area contributed by atoms with E-state index in [1.165, 1.54) is 16.8 Å². The maximum absolute atomic E-state index is 14.1. The number of nitrogens with zero attached hydrogens (tertiary/aromatic N) is 4. The van der Waals surface area contributed by atoms with Crippen LogP contribution in [-0.4, -0.2) is 20.0 Å². The Kier molecular flexibility index (Phi) is 5.93. The van der Waals surface area contributed by atoms with Crippen molar-refractivity contribution in [2.75, 3.05) is 0 Å². The summed E-state index contributed by atoms with van der Waals surface area (Å²) in [5.74, 6) is -1.13. The van der Waals surface area contributed by atoms with Gasteiger partial charge in [0.2, 0.25) is 0 Å². The van der Waals surface area contributed by atoms with Crippen LogP contribution in [0.3, 0.4) is 0 Å². The Balaban J connectivity index is 1.51. The van der Waals surface area contributed by atoms with Gasteiger partial charge in [-0.15, -0.1) is 10.2 Å². The second-order valence-corrected chi connectivity index (χ2v) is 8.93. The molecule has 0 aliphatic rings. The summed E-state index contributed by atoms with van der Waals surface area (Å²) in [4.78, 5) is 13.0. The van der Waals surface area contributed by atoms with E-state index < -0.39 is 16.9 Å². The quantitative estimate of drug-likeness (QED) is 0.296. The smallest absolute Gasteiger partial charge is 0.277 e. The van der Waals surface area contributed by atoms with Gasteiger partial charge in [-0.3, -0.25) is 4.79 Å². The van der Waals surface area contributed by atoms with E-state index in [0.717, 1.165) is 23.4 Å². The van der Waals surface area contributed by atoms with Gasteiger partial charge in [0.25, 0.3) is 16.7 Å². The predicted octanol–water partition coefficient (Wildman–Crippen LogP) is 5.63. The van der Waals surface area contributed by atoms with E-state index in [9.17, 15) is 13.6 Å². The molecule has 0 bridgehead atoms. The minimum atomic E-state index is -0.639. The van der Waals surface area contributed by atoms with E-state index in [2.05, 4.69) is 15.3 Å². The summed E-state index contributed by atoms with van der Waals surface area (Å²) in [5.41, 5.74) is 1.41. The molecule has 0 aliphatic carbocycles. The van der Waals surface area contributed by atoms with E-state index in [-0.39, 0.29) is 23.2 Å². The maximum atomic E-state index is 14.1. The minimum absolute atomic E-state index is 0.146. The second kappa shape index (κ2) is 9.18. The molecule has 0 spiro atoms. The van der Waals surface area contributed by atoms with Crippen LogP contribution in [0.1, 0.15) is 23.3 Å². The highest BCUT2D eigenvalue weighted by Gasteiger charge is 2.20. The van der Waals surface area contributed by atoms with Crippen LogP contribution in [0.25, 0.3) is 22.4 Å². The molecule has 1 unspecified atom stereocenters. The summed E-state index contributed by atoms with van der Waals surface area (Å²) in [6.07, 6.45) is 0. The van der Waals surface area contributed by atoms with Gasteiger partial charge in [0.15, 0.2) is 5.69 Å². The van der Waals surface area contributed by atoms with Crippen LogP contribution in [0.4, 0.5) is 8.78 Å². The summed E-state index contributed by atoms with van der Waals surface area (Å²) in [5, 5.41) is 13.6. The number of benzene rings is 3. The molecule has 3 aromatic carbocycles. The number of hydrogen-bond donors (Lipinski definition) is 0. The summed E-state index contributed by atoms with van der Waals surface area (Å²) in [6.45, 7) is 2.05. The molecule has 0 radical (unpaired) electrons. The molecule has 9 heteroatoms. The van der Waals surface area contributed by atoms with Crippen molar-refractivity contribution in [2.24, 2.45) is 0 Å². The summed E-state index contributed by atoms with van der Waals surface area (Å²) < 4.78 is 34.6. The van der Waals surface area contributed by atoms with Crippen molar-refractivity contribution in [1.82, 2.24) is 20.0 Å². The molecule has 1 atom stereocenters. The van der Waals surface area contributed by atoms with Crippen molar-refractivity contribution in [2.45, 2.75) is 23.9 Å². The van der Waals surface area contributed by atoms with E-state index in [4.69, 9.17) is 4.42 Å². The lowest BCUT2D eigenvalue weighted by Gasteiger charge is -2.10. The first kappa shape index (κ1) is 22.0. The third kappa shape index (κ3) is 4.34. The first-order valence-corrected chi connectivity index (χ1v) is 11.4. The van der Waals surface area contributed by atoms with Crippen LogP contribution in [-0.2, 0) is 6.54 Å². The van der Waals surface area contributed by atoms with Crippen LogP contribution in [0.15, 0.2) is 87.2 Å². The van der Waals surface area contributed by atoms with Gasteiger partial charge in [0, 0.05) is 22.3 Å². The fourth-order valence-corrected chi connectivity index (χ4v) is 4.49. The van der Waals surface area contributed by atoms with Gasteiger partial charge in [0.05, 0.1) is 11.9 Å². The number of thioether (sulfide) groups is 1. The van der Waals surface area contributed by atoms with Crippen LogP contribution in [0.2, 0.25) is 0 Å². The lowest BCUT2D eigenvalue weighted by molar-refractivity contribution is 0.461. The van der Waals surface area contributed by atoms with Crippen LogP contribution in [0.5, 0.6) is 0 Å². The Hall–Kier alpha value is -3.85. The number of halogens is 2. The van der Waals surface area contributed by atoms with Gasteiger partial charge in [-0.25, -0.2) is 13.5 Å².